The van der Waals surface area contributed by atoms with Crippen molar-refractivity contribution in [3.63, 3.8) is 0 Å². The first-order valence-corrected chi connectivity index (χ1v) is 10.7. The van der Waals surface area contributed by atoms with Crippen LogP contribution in [0.25, 0.3) is 0 Å². The van der Waals surface area contributed by atoms with Gasteiger partial charge in [0.25, 0.3) is 0 Å². The molecule has 0 bridgehead atoms. The number of aliphatic hydroxyl groups excluding tert-OH is 1. The summed E-state index contributed by atoms with van der Waals surface area (Å²) in [5.74, 6) is -0.334. The lowest BCUT2D eigenvalue weighted by Crippen LogP contribution is -2.32. The molecule has 1 fully saturated rings. The van der Waals surface area contributed by atoms with Crippen LogP contribution in [-0.2, 0) is 22.5 Å². The molecule has 20 heavy (non-hydrogen) atoms. The molecule has 120 valence electrons. The van der Waals surface area contributed by atoms with Crippen molar-refractivity contribution >= 4 is 15.2 Å². The van der Waals surface area contributed by atoms with Gasteiger partial charge in [0.1, 0.15) is 0 Å². The summed E-state index contributed by atoms with van der Waals surface area (Å²) in [6.45, 7) is 5.53. The molecule has 6 nitrogen and oxygen atoms in total. The Balaban J connectivity index is 2.95. The fourth-order valence-electron chi connectivity index (χ4n) is 2.15. The van der Waals surface area contributed by atoms with Gasteiger partial charge >= 0.3 is 15.2 Å². The normalized spacial score (nSPS) is 35.9. The number of rotatable bonds is 8. The summed E-state index contributed by atoms with van der Waals surface area (Å²) in [4.78, 5) is 0. The Labute approximate surface area is 121 Å². The molecule has 1 rings (SSSR count). The Morgan fingerprint density at radius 1 is 1.00 bits per heavy atom. The molecule has 3 unspecified atom stereocenters. The Bertz CT molecular complexity index is 358. The third-order valence-electron chi connectivity index (χ3n) is 3.05. The van der Waals surface area contributed by atoms with Gasteiger partial charge in [0.2, 0.25) is 0 Å². The van der Waals surface area contributed by atoms with Gasteiger partial charge in [-0.05, 0) is 19.3 Å². The van der Waals surface area contributed by atoms with Gasteiger partial charge in [-0.1, -0.05) is 27.2 Å². The van der Waals surface area contributed by atoms with E-state index in [0.717, 1.165) is 6.42 Å². The van der Waals surface area contributed by atoms with Crippen LogP contribution in [0.2, 0.25) is 0 Å². The summed E-state index contributed by atoms with van der Waals surface area (Å²) >= 11 is 0. The highest BCUT2D eigenvalue weighted by atomic mass is 31.3. The van der Waals surface area contributed by atoms with Crippen molar-refractivity contribution in [3.05, 3.63) is 0 Å². The first-order chi connectivity index (χ1) is 9.42. The molecule has 1 N–H and O–H groups in total. The van der Waals surface area contributed by atoms with E-state index in [2.05, 4.69) is 0 Å². The summed E-state index contributed by atoms with van der Waals surface area (Å²) in [5, 5.41) is 9.43. The van der Waals surface area contributed by atoms with E-state index in [1.165, 1.54) is 0 Å². The van der Waals surface area contributed by atoms with Crippen LogP contribution in [0.5, 0.6) is 0 Å². The maximum Gasteiger partial charge on any atom is 0.340 e. The monoisotopic (exact) mass is 328 g/mol. The zero-order valence-corrected chi connectivity index (χ0v) is 14.3. The van der Waals surface area contributed by atoms with Gasteiger partial charge in [-0.25, -0.2) is 4.31 Å². The van der Waals surface area contributed by atoms with Crippen LogP contribution in [0.15, 0.2) is 0 Å². The van der Waals surface area contributed by atoms with Crippen LogP contribution in [0.4, 0.5) is 0 Å². The van der Waals surface area contributed by atoms with E-state index in [1.54, 1.807) is 0 Å². The molecule has 8 heteroatoms. The Hall–Kier alpha value is 0.300. The highest BCUT2D eigenvalue weighted by Gasteiger charge is 2.47. The zero-order chi connectivity index (χ0) is 15.2. The lowest BCUT2D eigenvalue weighted by Gasteiger charge is -2.37. The van der Waals surface area contributed by atoms with Crippen molar-refractivity contribution in [1.29, 1.82) is 0 Å². The molecule has 1 heterocycles. The second kappa shape index (κ2) is 8.07. The average Bonchev–Trinajstić information content (AvgIpc) is 2.34. The molecule has 0 aromatic heterocycles. The van der Waals surface area contributed by atoms with Gasteiger partial charge in [0, 0.05) is 5.92 Å². The van der Waals surface area contributed by atoms with Gasteiger partial charge in [0.05, 0.1) is 18.9 Å². The van der Waals surface area contributed by atoms with E-state index < -0.39 is 21.5 Å². The molecule has 0 spiro atoms. The van der Waals surface area contributed by atoms with Gasteiger partial charge in [-0.3, -0.25) is 18.2 Å². The third kappa shape index (κ3) is 4.94. The average molecular weight is 328 g/mol. The first kappa shape index (κ1) is 18.3. The maximum atomic E-state index is 12.6. The van der Waals surface area contributed by atoms with E-state index >= 15 is 0 Å². The fraction of sp³-hybridized carbons (Fsp3) is 1.00. The van der Waals surface area contributed by atoms with E-state index in [0.29, 0.717) is 19.3 Å². The minimum absolute atomic E-state index is 0.156. The second-order valence-corrected chi connectivity index (χ2v) is 9.47. The smallest absolute Gasteiger partial charge is 0.340 e. The molecule has 0 aliphatic carbocycles. The predicted molar refractivity (Wildman–Crippen MR) is 78.1 cm³/mol. The van der Waals surface area contributed by atoms with E-state index in [1.807, 2.05) is 20.8 Å². The Kier molecular flexibility index (Phi) is 7.40. The molecule has 0 amide bonds. The molecule has 0 aromatic carbocycles. The molecule has 1 saturated heterocycles. The van der Waals surface area contributed by atoms with Crippen molar-refractivity contribution in [1.82, 2.24) is 0 Å². The zero-order valence-electron chi connectivity index (χ0n) is 12.5. The largest absolute Gasteiger partial charge is 0.396 e. The number of aliphatic hydroxyl groups is 1. The molecular formula is C12H26O6P2. The maximum absolute atomic E-state index is 12.6. The van der Waals surface area contributed by atoms with Crippen LogP contribution in [0, 0.1) is 5.92 Å². The number of hydrogen-bond donors (Lipinski definition) is 1. The molecule has 0 radical (unpaired) electrons. The third-order valence-corrected chi connectivity index (χ3v) is 8.09. The summed E-state index contributed by atoms with van der Waals surface area (Å²) in [6, 6.07) is 0. The van der Waals surface area contributed by atoms with Gasteiger partial charge in [-0.2, -0.15) is 0 Å². The van der Waals surface area contributed by atoms with E-state index in [4.69, 9.17) is 13.4 Å². The minimum atomic E-state index is -3.41. The number of hydrogen-bond acceptors (Lipinski definition) is 6. The van der Waals surface area contributed by atoms with Crippen LogP contribution >= 0.6 is 15.2 Å². The highest BCUT2D eigenvalue weighted by molar-refractivity contribution is 7.67. The summed E-state index contributed by atoms with van der Waals surface area (Å²) in [6.07, 6.45) is 2.20. The van der Waals surface area contributed by atoms with Gasteiger partial charge < -0.3 is 5.11 Å². The molecule has 0 saturated carbocycles. The standard InChI is InChI=1S/C12H26O6P2/c1-4-7-11(10-13)12-16-19(14,8-5-2)18-20(15,17-12)9-6-3/h11-13H,4-10H2,1-3H3. The van der Waals surface area contributed by atoms with E-state index in [9.17, 15) is 14.2 Å². The Morgan fingerprint density at radius 3 is 1.85 bits per heavy atom. The summed E-state index contributed by atoms with van der Waals surface area (Å²) < 4.78 is 41.3. The topological polar surface area (TPSA) is 82.1 Å². The highest BCUT2D eigenvalue weighted by Crippen LogP contribution is 2.70. The lowest BCUT2D eigenvalue weighted by atomic mass is 10.1. The Morgan fingerprint density at radius 2 is 1.50 bits per heavy atom. The first-order valence-electron chi connectivity index (χ1n) is 7.29. The van der Waals surface area contributed by atoms with Crippen LogP contribution in [-0.4, -0.2) is 30.3 Å². The lowest BCUT2D eigenvalue weighted by molar-refractivity contribution is -0.0842. The molecule has 1 aliphatic rings. The van der Waals surface area contributed by atoms with Crippen molar-refractivity contribution in [3.8, 4) is 0 Å². The fourth-order valence-corrected chi connectivity index (χ4v) is 7.07. The molecular weight excluding hydrogens is 302 g/mol. The van der Waals surface area contributed by atoms with Crippen LogP contribution < -0.4 is 0 Å². The second-order valence-electron chi connectivity index (χ2n) is 5.06. The minimum Gasteiger partial charge on any atom is -0.396 e. The SMILES string of the molecule is CCCC(CO)C1OP(=O)(CCC)OP(=O)(CCC)O1. The van der Waals surface area contributed by atoms with Gasteiger partial charge in [-0.15, -0.1) is 0 Å². The van der Waals surface area contributed by atoms with Crippen LogP contribution in [0.3, 0.4) is 0 Å². The molecule has 0 aromatic rings. The van der Waals surface area contributed by atoms with Crippen molar-refractivity contribution in [2.45, 2.75) is 52.7 Å². The predicted octanol–water partition coefficient (Wildman–Crippen LogP) is 3.99. The molecule has 1 aliphatic heterocycles. The van der Waals surface area contributed by atoms with Crippen molar-refractivity contribution in [2.75, 3.05) is 18.9 Å². The summed E-state index contributed by atoms with van der Waals surface area (Å²) in [7, 11) is -6.82. The quantitative estimate of drug-likeness (QED) is 0.678. The van der Waals surface area contributed by atoms with Crippen LogP contribution in [0.1, 0.15) is 46.5 Å². The summed E-state index contributed by atoms with van der Waals surface area (Å²) in [5.41, 5.74) is 0. The van der Waals surface area contributed by atoms with Crippen molar-refractivity contribution in [2.24, 2.45) is 5.92 Å². The van der Waals surface area contributed by atoms with Gasteiger partial charge in [0.15, 0.2) is 6.29 Å². The van der Waals surface area contributed by atoms with Crippen molar-refractivity contribution < 1.29 is 27.6 Å². The van der Waals surface area contributed by atoms with E-state index in [-0.39, 0.29) is 24.8 Å². The molecule has 3 atom stereocenters.